The van der Waals surface area contributed by atoms with E-state index in [2.05, 4.69) is 15.3 Å². The van der Waals surface area contributed by atoms with Crippen molar-refractivity contribution >= 4 is 39.4 Å². The van der Waals surface area contributed by atoms with Gasteiger partial charge in [0, 0.05) is 36.3 Å². The van der Waals surface area contributed by atoms with Crippen molar-refractivity contribution in [1.29, 1.82) is 0 Å². The van der Waals surface area contributed by atoms with Crippen LogP contribution in [0.4, 0.5) is 24.9 Å². The maximum absolute atomic E-state index is 14.7. The zero-order valence-corrected chi connectivity index (χ0v) is 24.1. The highest BCUT2D eigenvalue weighted by atomic mass is 35.5. The number of nitrogen functional groups attached to an aromatic ring is 1. The summed E-state index contributed by atoms with van der Waals surface area (Å²) in [6.45, 7) is 1.43. The third-order valence-electron chi connectivity index (χ3n) is 7.81. The van der Waals surface area contributed by atoms with Crippen LogP contribution < -0.4 is 25.8 Å². The maximum atomic E-state index is 14.7. The largest absolute Gasteiger partial charge is 0.480 e. The Hall–Kier alpha value is -3.66. The monoisotopic (exact) mass is 640 g/mol. The average Bonchev–Trinajstić information content (AvgIpc) is 3.35. The summed E-state index contributed by atoms with van der Waals surface area (Å²) in [6, 6.07) is 10.4. The molecule has 3 heterocycles. The molecule has 2 aliphatic rings. The second-order valence-corrected chi connectivity index (χ2v) is 12.7. The Kier molecular flexibility index (Phi) is 8.19. The summed E-state index contributed by atoms with van der Waals surface area (Å²) in [7, 11) is -4.71. The van der Waals surface area contributed by atoms with Gasteiger partial charge in [-0.25, -0.2) is 13.6 Å². The predicted octanol–water partition coefficient (Wildman–Crippen LogP) is 3.74. The molecule has 2 atom stereocenters. The number of aromatic nitrogens is 2. The van der Waals surface area contributed by atoms with E-state index in [0.717, 1.165) is 6.07 Å². The van der Waals surface area contributed by atoms with Crippen LogP contribution in [-0.2, 0) is 14.8 Å². The molecule has 43 heavy (non-hydrogen) atoms. The molecule has 6 N–H and O–H groups in total. The molecule has 2 aliphatic heterocycles. The number of nitrogens with zero attached hydrogens (tertiary/aromatic N) is 3. The zero-order chi connectivity index (χ0) is 31.2. The third-order valence-corrected chi connectivity index (χ3v) is 8.98. The van der Waals surface area contributed by atoms with Gasteiger partial charge in [-0.1, -0.05) is 41.9 Å². The van der Waals surface area contributed by atoms with Crippen LogP contribution in [0.5, 0.6) is 5.88 Å². The van der Waals surface area contributed by atoms with E-state index in [0.29, 0.717) is 38.9 Å². The molecule has 2 aromatic carbocycles. The number of piperidine rings is 1. The Labute approximate surface area is 250 Å². The first-order valence-corrected chi connectivity index (χ1v) is 15.1. The number of nitrogens with one attached hydrogen (secondary N) is 1. The molecular weight excluding hydrogens is 613 g/mol. The number of hydrogen-bond acceptors (Lipinski definition) is 9. The van der Waals surface area contributed by atoms with E-state index < -0.39 is 50.7 Å². The lowest BCUT2D eigenvalue weighted by Crippen LogP contribution is -2.41. The number of halogens is 4. The van der Waals surface area contributed by atoms with Gasteiger partial charge < -0.3 is 25.8 Å². The number of alkyl halides is 3. The number of sulfonamides is 1. The van der Waals surface area contributed by atoms with Crippen LogP contribution in [0.15, 0.2) is 53.4 Å². The fourth-order valence-electron chi connectivity index (χ4n) is 5.70. The van der Waals surface area contributed by atoms with Gasteiger partial charge >= 0.3 is 12.1 Å². The molecule has 11 nitrogen and oxygen atoms in total. The van der Waals surface area contributed by atoms with E-state index in [1.165, 1.54) is 24.3 Å². The van der Waals surface area contributed by atoms with Gasteiger partial charge in [-0.15, -0.1) is 0 Å². The van der Waals surface area contributed by atoms with Gasteiger partial charge in [0.15, 0.2) is 0 Å². The third kappa shape index (κ3) is 6.64. The van der Waals surface area contributed by atoms with Crippen LogP contribution in [0.25, 0.3) is 11.1 Å². The molecule has 0 amide bonds. The van der Waals surface area contributed by atoms with Crippen LogP contribution in [-0.4, -0.2) is 61.3 Å². The van der Waals surface area contributed by atoms with Crippen LogP contribution >= 0.6 is 11.6 Å². The van der Waals surface area contributed by atoms with Gasteiger partial charge in [0.2, 0.25) is 28.0 Å². The molecule has 2 saturated heterocycles. The standard InChI is InChI=1S/C27H28ClF3N6O5S/c28-16-10-17(15-4-2-1-3-5-15)22(19(11-16)43(33,40)41)23(27(29,30)31)42-21-12-20(35-25(32)36-21)37-8-6-26(7-9-37)13-18(24(38)39)34-14-26/h1-5,10-12,18,23,34H,6-9,13-14H2,(H,38,39)(H2,32,35,36)(H2,33,40,41)/t18-,23+/m0/s1. The fourth-order valence-corrected chi connectivity index (χ4v) is 6.80. The lowest BCUT2D eigenvalue weighted by molar-refractivity contribution is -0.199. The molecule has 1 aromatic heterocycles. The normalized spacial score (nSPS) is 19.4. The Bertz CT molecular complexity index is 1640. The topological polar surface area (TPSA) is 174 Å². The minimum absolute atomic E-state index is 0.142. The minimum Gasteiger partial charge on any atom is -0.480 e. The van der Waals surface area contributed by atoms with Crippen molar-refractivity contribution in [2.24, 2.45) is 10.6 Å². The Morgan fingerprint density at radius 2 is 1.84 bits per heavy atom. The van der Waals surface area contributed by atoms with Crippen molar-refractivity contribution in [3.63, 3.8) is 0 Å². The molecule has 230 valence electrons. The van der Waals surface area contributed by atoms with Crippen molar-refractivity contribution in [2.45, 2.75) is 42.5 Å². The smallest absolute Gasteiger partial charge is 0.429 e. The summed E-state index contributed by atoms with van der Waals surface area (Å²) >= 11 is 6.14. The van der Waals surface area contributed by atoms with Crippen molar-refractivity contribution in [3.8, 4) is 17.0 Å². The Morgan fingerprint density at radius 1 is 1.16 bits per heavy atom. The highest BCUT2D eigenvalue weighted by Gasteiger charge is 2.48. The molecule has 0 radical (unpaired) electrons. The number of nitrogens with two attached hydrogens (primary N) is 2. The number of ether oxygens (including phenoxy) is 1. The maximum Gasteiger partial charge on any atom is 0.429 e. The fraction of sp³-hybridized carbons (Fsp3) is 0.370. The first-order chi connectivity index (χ1) is 20.1. The van der Waals surface area contributed by atoms with Crippen LogP contribution in [0.1, 0.15) is 30.9 Å². The van der Waals surface area contributed by atoms with Crippen molar-refractivity contribution in [2.75, 3.05) is 30.3 Å². The first-order valence-electron chi connectivity index (χ1n) is 13.2. The highest BCUT2D eigenvalue weighted by Crippen LogP contribution is 2.45. The molecular formula is C27H28ClF3N6O5S. The van der Waals surface area contributed by atoms with E-state index in [1.54, 1.807) is 23.1 Å². The zero-order valence-electron chi connectivity index (χ0n) is 22.5. The predicted molar refractivity (Wildman–Crippen MR) is 152 cm³/mol. The summed E-state index contributed by atoms with van der Waals surface area (Å²) in [5.74, 6) is -1.59. The van der Waals surface area contributed by atoms with Crippen molar-refractivity contribution in [3.05, 3.63) is 59.1 Å². The molecule has 1 spiro atoms. The molecule has 0 saturated carbocycles. The number of aliphatic carboxylic acids is 1. The van der Waals surface area contributed by atoms with Gasteiger partial charge in [-0.05, 0) is 47.9 Å². The average molecular weight is 641 g/mol. The summed E-state index contributed by atoms with van der Waals surface area (Å²) in [5, 5.41) is 17.6. The van der Waals surface area contributed by atoms with Gasteiger partial charge in [0.05, 0.1) is 4.90 Å². The first kappa shape index (κ1) is 30.8. The molecule has 3 aromatic rings. The van der Waals surface area contributed by atoms with E-state index in [1.807, 2.05) is 0 Å². The lowest BCUT2D eigenvalue weighted by atomic mass is 9.76. The lowest BCUT2D eigenvalue weighted by Gasteiger charge is -2.39. The summed E-state index contributed by atoms with van der Waals surface area (Å²) in [6.07, 6.45) is -6.25. The van der Waals surface area contributed by atoms with Crippen LogP contribution in [0, 0.1) is 5.41 Å². The molecule has 0 unspecified atom stereocenters. The van der Waals surface area contributed by atoms with E-state index >= 15 is 0 Å². The number of hydrogen-bond donors (Lipinski definition) is 4. The van der Waals surface area contributed by atoms with Crippen molar-refractivity contribution in [1.82, 2.24) is 15.3 Å². The molecule has 5 rings (SSSR count). The number of primary sulfonamides is 1. The van der Waals surface area contributed by atoms with E-state index in [-0.39, 0.29) is 33.3 Å². The number of carboxylic acids is 1. The molecule has 16 heteroatoms. The Morgan fingerprint density at radius 3 is 2.42 bits per heavy atom. The second kappa shape index (κ2) is 11.4. The number of carboxylic acid groups (broad SMARTS) is 1. The summed E-state index contributed by atoms with van der Waals surface area (Å²) < 4.78 is 74.8. The SMILES string of the molecule is Nc1nc(O[C@H](c2c(-c3ccccc3)cc(Cl)cc2S(N)(=O)=O)C(F)(F)F)cc(N2CCC3(CC2)CN[C@H](C(=O)O)C3)n1. The van der Waals surface area contributed by atoms with Gasteiger partial charge in [-0.3, -0.25) is 4.79 Å². The molecule has 2 fully saturated rings. The molecule has 0 aliphatic carbocycles. The van der Waals surface area contributed by atoms with Crippen LogP contribution in [0.2, 0.25) is 5.02 Å². The number of anilines is 2. The number of carbonyl (C=O) groups is 1. The second-order valence-electron chi connectivity index (χ2n) is 10.7. The number of rotatable bonds is 7. The summed E-state index contributed by atoms with van der Waals surface area (Å²) in [4.78, 5) is 20.4. The van der Waals surface area contributed by atoms with Crippen molar-refractivity contribution < 1.29 is 36.2 Å². The van der Waals surface area contributed by atoms with Gasteiger partial charge in [0.1, 0.15) is 11.9 Å². The summed E-state index contributed by atoms with van der Waals surface area (Å²) in [5.41, 5.74) is 5.01. The molecule has 0 bridgehead atoms. The van der Waals surface area contributed by atoms with Crippen LogP contribution in [0.3, 0.4) is 0 Å². The Balaban J connectivity index is 1.51. The highest BCUT2D eigenvalue weighted by molar-refractivity contribution is 7.89. The van der Waals surface area contributed by atoms with Gasteiger partial charge in [-0.2, -0.15) is 23.1 Å². The van der Waals surface area contributed by atoms with Gasteiger partial charge in [0.25, 0.3) is 0 Å². The van der Waals surface area contributed by atoms with E-state index in [9.17, 15) is 31.5 Å². The number of benzene rings is 2. The quantitative estimate of drug-likeness (QED) is 0.298. The minimum atomic E-state index is -5.13. The van der Waals surface area contributed by atoms with E-state index in [4.69, 9.17) is 27.2 Å².